The summed E-state index contributed by atoms with van der Waals surface area (Å²) >= 11 is 12.0. The van der Waals surface area contributed by atoms with Crippen molar-refractivity contribution in [2.75, 3.05) is 18.0 Å². The Morgan fingerprint density at radius 2 is 1.79 bits per heavy atom. The van der Waals surface area contributed by atoms with Gasteiger partial charge >= 0.3 is 0 Å². The monoisotopic (exact) mass is 369 g/mol. The highest BCUT2D eigenvalue weighted by atomic mass is 35.5. The summed E-state index contributed by atoms with van der Waals surface area (Å²) in [5, 5.41) is 0.713. The van der Waals surface area contributed by atoms with Gasteiger partial charge in [-0.3, -0.25) is 24.2 Å². The molecule has 0 aromatic heterocycles. The molecule has 1 aromatic carbocycles. The lowest BCUT2D eigenvalue weighted by atomic mass is 9.96. The number of halogens is 2. The summed E-state index contributed by atoms with van der Waals surface area (Å²) < 4.78 is 0. The number of Topliss-reactive ketones (excluding diaryl/α,β-unsaturated/α-hetero) is 1. The lowest BCUT2D eigenvalue weighted by Crippen LogP contribution is -2.50. The molecular formula is C16H17Cl2N3O3. The number of anilines is 1. The van der Waals surface area contributed by atoms with Gasteiger partial charge in [-0.2, -0.15) is 0 Å². The van der Waals surface area contributed by atoms with Crippen molar-refractivity contribution >= 4 is 46.5 Å². The number of piperidine rings is 1. The zero-order valence-corrected chi connectivity index (χ0v) is 14.4. The molecule has 2 fully saturated rings. The average molecular weight is 370 g/mol. The van der Waals surface area contributed by atoms with Crippen molar-refractivity contribution in [1.29, 1.82) is 0 Å². The third-order valence-corrected chi connectivity index (χ3v) is 5.40. The first-order valence-corrected chi connectivity index (χ1v) is 8.49. The number of amides is 2. The van der Waals surface area contributed by atoms with Gasteiger partial charge in [0, 0.05) is 24.7 Å². The second-order valence-electron chi connectivity index (χ2n) is 6.09. The maximum Gasteiger partial charge on any atom is 0.295 e. The van der Waals surface area contributed by atoms with Crippen molar-refractivity contribution in [1.82, 2.24) is 4.90 Å². The average Bonchev–Trinajstić information content (AvgIpc) is 2.86. The van der Waals surface area contributed by atoms with Crippen LogP contribution in [0.3, 0.4) is 0 Å². The van der Waals surface area contributed by atoms with Gasteiger partial charge in [0.15, 0.2) is 0 Å². The first-order chi connectivity index (χ1) is 11.4. The minimum Gasteiger partial charge on any atom is -0.369 e. The predicted octanol–water partition coefficient (Wildman–Crippen LogP) is 1.82. The van der Waals surface area contributed by atoms with E-state index in [1.165, 1.54) is 4.90 Å². The maximum absolute atomic E-state index is 12.3. The highest BCUT2D eigenvalue weighted by molar-refractivity contribution is 6.45. The van der Waals surface area contributed by atoms with Gasteiger partial charge in [0.25, 0.3) is 5.91 Å². The number of nitrogens with two attached hydrogens (primary N) is 1. The van der Waals surface area contributed by atoms with Gasteiger partial charge in [-0.15, -0.1) is 0 Å². The molecule has 2 N–H and O–H groups in total. The molecule has 128 valence electrons. The molecule has 2 aliphatic rings. The number of benzene rings is 1. The van der Waals surface area contributed by atoms with Crippen LogP contribution in [-0.4, -0.2) is 41.8 Å². The molecule has 1 unspecified atom stereocenters. The maximum atomic E-state index is 12.3. The Bertz CT molecular complexity index is 702. The number of carbonyl (C=O) groups is 3. The molecule has 3 rings (SSSR count). The Hall–Kier alpha value is -1.63. The van der Waals surface area contributed by atoms with E-state index in [-0.39, 0.29) is 24.4 Å². The number of likely N-dealkylation sites (tertiary alicyclic amines) is 1. The van der Waals surface area contributed by atoms with Crippen LogP contribution < -0.4 is 10.6 Å². The summed E-state index contributed by atoms with van der Waals surface area (Å²) in [5.41, 5.74) is 5.90. The molecule has 24 heavy (non-hydrogen) atoms. The number of nitrogens with zero attached hydrogens (tertiary/aromatic N) is 2. The summed E-state index contributed by atoms with van der Waals surface area (Å²) in [6.07, 6.45) is 1.02. The van der Waals surface area contributed by atoms with Gasteiger partial charge < -0.3 is 5.73 Å². The second kappa shape index (κ2) is 6.70. The number of ketones is 1. The van der Waals surface area contributed by atoms with Crippen LogP contribution in [0.5, 0.6) is 0 Å². The molecule has 1 aromatic rings. The second-order valence-corrected chi connectivity index (χ2v) is 6.91. The zero-order valence-electron chi connectivity index (χ0n) is 12.9. The van der Waals surface area contributed by atoms with E-state index in [2.05, 4.69) is 0 Å². The van der Waals surface area contributed by atoms with E-state index in [9.17, 15) is 14.4 Å². The van der Waals surface area contributed by atoms with Gasteiger partial charge in [-0.1, -0.05) is 23.2 Å². The van der Waals surface area contributed by atoms with Crippen molar-refractivity contribution in [3.05, 3.63) is 28.2 Å². The summed E-state index contributed by atoms with van der Waals surface area (Å²) in [6.45, 7) is 1.22. The Morgan fingerprint density at radius 1 is 1.12 bits per heavy atom. The van der Waals surface area contributed by atoms with E-state index in [1.807, 2.05) is 4.90 Å². The summed E-state index contributed by atoms with van der Waals surface area (Å²) in [5.74, 6) is -1.42. The normalized spacial score (nSPS) is 23.1. The van der Waals surface area contributed by atoms with Crippen LogP contribution >= 0.6 is 23.2 Å². The SMILES string of the molecule is NC(=O)C1CCN(C2CC(=O)C(=O)N2c2ccc(Cl)c(Cl)c2)CC1. The first kappa shape index (κ1) is 17.2. The fourth-order valence-corrected chi connectivity index (χ4v) is 3.61. The fourth-order valence-electron chi connectivity index (χ4n) is 3.31. The van der Waals surface area contributed by atoms with Gasteiger partial charge in [0.1, 0.15) is 0 Å². The zero-order chi connectivity index (χ0) is 17.4. The minimum absolute atomic E-state index is 0.125. The van der Waals surface area contributed by atoms with Crippen LogP contribution in [0.1, 0.15) is 19.3 Å². The molecule has 2 aliphatic heterocycles. The molecule has 8 heteroatoms. The van der Waals surface area contributed by atoms with Gasteiger partial charge in [-0.05, 0) is 31.0 Å². The van der Waals surface area contributed by atoms with E-state index in [1.54, 1.807) is 18.2 Å². The third-order valence-electron chi connectivity index (χ3n) is 4.66. The quantitative estimate of drug-likeness (QED) is 0.823. The molecule has 2 saturated heterocycles. The standard InChI is InChI=1S/C16H17Cl2N3O3/c17-11-2-1-10(7-12(11)18)21-14(8-13(22)16(21)24)20-5-3-9(4-6-20)15(19)23/h1-2,7,9,14H,3-6,8H2,(H2,19,23). The minimum atomic E-state index is -0.546. The lowest BCUT2D eigenvalue weighted by Gasteiger charge is -2.38. The highest BCUT2D eigenvalue weighted by Crippen LogP contribution is 2.33. The first-order valence-electron chi connectivity index (χ1n) is 7.73. The Morgan fingerprint density at radius 3 is 2.38 bits per heavy atom. The topological polar surface area (TPSA) is 83.7 Å². The van der Waals surface area contributed by atoms with Crippen LogP contribution in [0.25, 0.3) is 0 Å². The highest BCUT2D eigenvalue weighted by Gasteiger charge is 2.43. The Balaban J connectivity index is 1.83. The Kier molecular flexibility index (Phi) is 4.80. The van der Waals surface area contributed by atoms with E-state index in [0.717, 1.165) is 0 Å². The summed E-state index contributed by atoms with van der Waals surface area (Å²) in [6, 6.07) is 4.86. The molecule has 0 saturated carbocycles. The number of primary amides is 1. The summed E-state index contributed by atoms with van der Waals surface area (Å²) in [4.78, 5) is 39.1. The van der Waals surface area contributed by atoms with Crippen molar-refractivity contribution in [2.45, 2.75) is 25.4 Å². The number of hydrogen-bond donors (Lipinski definition) is 1. The number of hydrogen-bond acceptors (Lipinski definition) is 4. The smallest absolute Gasteiger partial charge is 0.295 e. The van der Waals surface area contributed by atoms with E-state index in [0.29, 0.717) is 41.7 Å². The van der Waals surface area contributed by atoms with Crippen LogP contribution in [0.15, 0.2) is 18.2 Å². The van der Waals surface area contributed by atoms with Crippen LogP contribution in [0, 0.1) is 5.92 Å². The third kappa shape index (κ3) is 3.14. The molecular weight excluding hydrogens is 353 g/mol. The predicted molar refractivity (Wildman–Crippen MR) is 90.9 cm³/mol. The van der Waals surface area contributed by atoms with Crippen LogP contribution in [0.2, 0.25) is 10.0 Å². The number of carbonyl (C=O) groups excluding carboxylic acids is 3. The van der Waals surface area contributed by atoms with Gasteiger partial charge in [-0.25, -0.2) is 0 Å². The summed E-state index contributed by atoms with van der Waals surface area (Å²) in [7, 11) is 0. The lowest BCUT2D eigenvalue weighted by molar-refractivity contribution is -0.133. The molecule has 6 nitrogen and oxygen atoms in total. The van der Waals surface area contributed by atoms with Gasteiger partial charge in [0.2, 0.25) is 11.7 Å². The number of rotatable bonds is 3. The van der Waals surface area contributed by atoms with Crippen molar-refractivity contribution < 1.29 is 14.4 Å². The van der Waals surface area contributed by atoms with E-state index in [4.69, 9.17) is 28.9 Å². The van der Waals surface area contributed by atoms with Crippen LogP contribution in [-0.2, 0) is 14.4 Å². The van der Waals surface area contributed by atoms with Gasteiger partial charge in [0.05, 0.1) is 22.6 Å². The van der Waals surface area contributed by atoms with Crippen LogP contribution in [0.4, 0.5) is 5.69 Å². The molecule has 0 radical (unpaired) electrons. The Labute approximate surface area is 149 Å². The van der Waals surface area contributed by atoms with E-state index >= 15 is 0 Å². The van der Waals surface area contributed by atoms with Crippen molar-refractivity contribution in [3.63, 3.8) is 0 Å². The molecule has 1 atom stereocenters. The molecule has 2 heterocycles. The van der Waals surface area contributed by atoms with Crippen molar-refractivity contribution in [2.24, 2.45) is 11.7 Å². The molecule has 2 amide bonds. The molecule has 0 aliphatic carbocycles. The largest absolute Gasteiger partial charge is 0.369 e. The van der Waals surface area contributed by atoms with Crippen molar-refractivity contribution in [3.8, 4) is 0 Å². The fraction of sp³-hybridized carbons (Fsp3) is 0.438. The molecule has 0 spiro atoms. The molecule has 0 bridgehead atoms. The van der Waals surface area contributed by atoms with E-state index < -0.39 is 11.7 Å².